The Morgan fingerprint density at radius 3 is 2.40 bits per heavy atom. The van der Waals surface area contributed by atoms with Gasteiger partial charge in [0.15, 0.2) is 0 Å². The third-order valence-corrected chi connectivity index (χ3v) is 2.96. The smallest absolute Gasteiger partial charge is 0.335 e. The highest BCUT2D eigenvalue weighted by Crippen LogP contribution is 2.32. The summed E-state index contributed by atoms with van der Waals surface area (Å²) in [4.78, 5) is 11.0. The normalized spacial score (nSPS) is 10.1. The van der Waals surface area contributed by atoms with Gasteiger partial charge >= 0.3 is 5.97 Å². The van der Waals surface area contributed by atoms with Crippen molar-refractivity contribution >= 4 is 11.5 Å². The Balaban J connectivity index is 2.54. The van der Waals surface area contributed by atoms with E-state index in [0.29, 0.717) is 16.9 Å². The molecule has 0 amide bonds. The number of hydrogen-bond acceptors (Lipinski definition) is 2. The molecule has 3 nitrogen and oxygen atoms in total. The third kappa shape index (κ3) is 2.69. The number of rotatable bonds is 4. The van der Waals surface area contributed by atoms with Crippen molar-refractivity contribution in [1.29, 1.82) is 0 Å². The van der Waals surface area contributed by atoms with Crippen molar-refractivity contribution in [2.24, 2.45) is 0 Å². The van der Waals surface area contributed by atoms with Gasteiger partial charge in [-0.25, -0.2) is 9.18 Å². The van der Waals surface area contributed by atoms with Gasteiger partial charge < -0.3 is 9.84 Å². The first kappa shape index (κ1) is 13.8. The number of hydrogen-bond donors (Lipinski definition) is 1. The van der Waals surface area contributed by atoms with E-state index in [0.717, 1.165) is 5.56 Å². The number of carboxylic acid groups (broad SMARTS) is 1. The van der Waals surface area contributed by atoms with E-state index in [1.807, 2.05) is 0 Å². The molecule has 0 heterocycles. The lowest BCUT2D eigenvalue weighted by Gasteiger charge is -2.11. The fourth-order valence-electron chi connectivity index (χ4n) is 1.87. The minimum atomic E-state index is -1.08. The SMILES string of the molecule is C=C(C(=O)O)c1ccc(OC)c(-c2ccc(F)cc2)c1. The van der Waals surface area contributed by atoms with Crippen LogP contribution in [0.25, 0.3) is 16.7 Å². The average molecular weight is 272 g/mol. The quantitative estimate of drug-likeness (QED) is 0.865. The number of benzene rings is 2. The monoisotopic (exact) mass is 272 g/mol. The van der Waals surface area contributed by atoms with Crippen molar-refractivity contribution in [3.8, 4) is 16.9 Å². The molecule has 0 radical (unpaired) electrons. The number of carboxylic acids is 1. The van der Waals surface area contributed by atoms with Crippen molar-refractivity contribution < 1.29 is 19.0 Å². The molecular weight excluding hydrogens is 259 g/mol. The Morgan fingerprint density at radius 1 is 1.20 bits per heavy atom. The van der Waals surface area contributed by atoms with Crippen LogP contribution in [0, 0.1) is 5.82 Å². The molecule has 4 heteroatoms. The third-order valence-electron chi connectivity index (χ3n) is 2.96. The molecule has 0 aliphatic rings. The Bertz CT molecular complexity index is 660. The van der Waals surface area contributed by atoms with Crippen LogP contribution in [0.3, 0.4) is 0 Å². The van der Waals surface area contributed by atoms with Crippen LogP contribution in [-0.2, 0) is 4.79 Å². The van der Waals surface area contributed by atoms with E-state index in [1.54, 1.807) is 30.3 Å². The van der Waals surface area contributed by atoms with E-state index in [2.05, 4.69) is 6.58 Å². The summed E-state index contributed by atoms with van der Waals surface area (Å²) in [6.07, 6.45) is 0. The van der Waals surface area contributed by atoms with Gasteiger partial charge in [-0.05, 0) is 35.4 Å². The van der Waals surface area contributed by atoms with Crippen molar-refractivity contribution in [3.63, 3.8) is 0 Å². The second-order valence-electron chi connectivity index (χ2n) is 4.21. The van der Waals surface area contributed by atoms with Gasteiger partial charge in [-0.15, -0.1) is 0 Å². The van der Waals surface area contributed by atoms with Crippen LogP contribution < -0.4 is 4.74 Å². The van der Waals surface area contributed by atoms with Gasteiger partial charge in [-0.3, -0.25) is 0 Å². The largest absolute Gasteiger partial charge is 0.496 e. The number of ether oxygens (including phenoxy) is 1. The van der Waals surface area contributed by atoms with Gasteiger partial charge in [0.2, 0.25) is 0 Å². The lowest BCUT2D eigenvalue weighted by Crippen LogP contribution is -1.99. The minimum absolute atomic E-state index is 0.00369. The van der Waals surface area contributed by atoms with Crippen LogP contribution in [0.15, 0.2) is 49.0 Å². The predicted molar refractivity (Wildman–Crippen MR) is 75.1 cm³/mol. The number of carbonyl (C=O) groups is 1. The first-order valence-corrected chi connectivity index (χ1v) is 5.89. The number of aliphatic carboxylic acids is 1. The first-order valence-electron chi connectivity index (χ1n) is 5.89. The van der Waals surface area contributed by atoms with Crippen LogP contribution in [0.2, 0.25) is 0 Å². The zero-order valence-electron chi connectivity index (χ0n) is 10.9. The number of halogens is 1. The maximum Gasteiger partial charge on any atom is 0.335 e. The van der Waals surface area contributed by atoms with Crippen molar-refractivity contribution in [1.82, 2.24) is 0 Å². The molecule has 2 aromatic carbocycles. The lowest BCUT2D eigenvalue weighted by molar-refractivity contribution is -0.130. The first-order chi connectivity index (χ1) is 9.52. The number of methoxy groups -OCH3 is 1. The molecule has 2 rings (SSSR count). The van der Waals surface area contributed by atoms with Gasteiger partial charge in [-0.2, -0.15) is 0 Å². The van der Waals surface area contributed by atoms with Crippen molar-refractivity contribution in [3.05, 3.63) is 60.4 Å². The van der Waals surface area contributed by atoms with Crippen molar-refractivity contribution in [2.75, 3.05) is 7.11 Å². The molecule has 1 N–H and O–H groups in total. The van der Waals surface area contributed by atoms with E-state index in [1.165, 1.54) is 19.2 Å². The molecule has 0 aromatic heterocycles. The summed E-state index contributed by atoms with van der Waals surface area (Å²) < 4.78 is 18.2. The summed E-state index contributed by atoms with van der Waals surface area (Å²) in [6, 6.07) is 10.9. The zero-order chi connectivity index (χ0) is 14.7. The Labute approximate surface area is 115 Å². The molecule has 0 saturated carbocycles. The summed E-state index contributed by atoms with van der Waals surface area (Å²) in [5, 5.41) is 8.98. The molecule has 2 aromatic rings. The van der Waals surface area contributed by atoms with E-state index >= 15 is 0 Å². The van der Waals surface area contributed by atoms with E-state index in [4.69, 9.17) is 9.84 Å². The summed E-state index contributed by atoms with van der Waals surface area (Å²) in [7, 11) is 1.52. The van der Waals surface area contributed by atoms with Gasteiger partial charge in [0.25, 0.3) is 0 Å². The zero-order valence-corrected chi connectivity index (χ0v) is 10.9. The Hall–Kier alpha value is -2.62. The van der Waals surface area contributed by atoms with Crippen LogP contribution in [-0.4, -0.2) is 18.2 Å². The molecule has 102 valence electrons. The van der Waals surface area contributed by atoms with Crippen LogP contribution in [0.5, 0.6) is 5.75 Å². The summed E-state index contributed by atoms with van der Waals surface area (Å²) in [5.74, 6) is -0.836. The van der Waals surface area contributed by atoms with Crippen molar-refractivity contribution in [2.45, 2.75) is 0 Å². The topological polar surface area (TPSA) is 46.5 Å². The molecule has 0 aliphatic carbocycles. The van der Waals surface area contributed by atoms with Gasteiger partial charge in [-0.1, -0.05) is 24.8 Å². The minimum Gasteiger partial charge on any atom is -0.496 e. The summed E-state index contributed by atoms with van der Waals surface area (Å²) in [6.45, 7) is 3.53. The molecule has 20 heavy (non-hydrogen) atoms. The van der Waals surface area contributed by atoms with Gasteiger partial charge in [0.1, 0.15) is 11.6 Å². The van der Waals surface area contributed by atoms with E-state index < -0.39 is 5.97 Å². The van der Waals surface area contributed by atoms with Crippen LogP contribution in [0.1, 0.15) is 5.56 Å². The Morgan fingerprint density at radius 2 is 1.85 bits per heavy atom. The van der Waals surface area contributed by atoms with Gasteiger partial charge in [0.05, 0.1) is 12.7 Å². The van der Waals surface area contributed by atoms with E-state index in [-0.39, 0.29) is 11.4 Å². The summed E-state index contributed by atoms with van der Waals surface area (Å²) >= 11 is 0. The second kappa shape index (κ2) is 5.57. The highest BCUT2D eigenvalue weighted by atomic mass is 19.1. The summed E-state index contributed by atoms with van der Waals surface area (Å²) in [5.41, 5.74) is 1.91. The molecule has 0 fully saturated rings. The molecule has 0 spiro atoms. The maximum atomic E-state index is 13.0. The molecule has 0 atom stereocenters. The Kier molecular flexibility index (Phi) is 3.84. The maximum absolute atomic E-state index is 13.0. The fourth-order valence-corrected chi connectivity index (χ4v) is 1.87. The molecule has 0 bridgehead atoms. The lowest BCUT2D eigenvalue weighted by atomic mass is 9.99. The molecular formula is C16H13FO3. The average Bonchev–Trinajstić information content (AvgIpc) is 2.46. The van der Waals surface area contributed by atoms with Crippen LogP contribution >= 0.6 is 0 Å². The molecule has 0 aliphatic heterocycles. The molecule has 0 saturated heterocycles. The fraction of sp³-hybridized carbons (Fsp3) is 0.0625. The highest BCUT2D eigenvalue weighted by molar-refractivity contribution is 6.14. The predicted octanol–water partition coefficient (Wildman–Crippen LogP) is 3.60. The highest BCUT2D eigenvalue weighted by Gasteiger charge is 2.12. The second-order valence-corrected chi connectivity index (χ2v) is 4.21. The van der Waals surface area contributed by atoms with Gasteiger partial charge in [0, 0.05) is 5.56 Å². The standard InChI is InChI=1S/C16H13FO3/c1-10(16(18)19)12-5-8-15(20-2)14(9-12)11-3-6-13(17)7-4-11/h3-9H,1H2,2H3,(H,18,19). The van der Waals surface area contributed by atoms with E-state index in [9.17, 15) is 9.18 Å². The molecule has 0 unspecified atom stereocenters. The van der Waals surface area contributed by atoms with Crippen LogP contribution in [0.4, 0.5) is 4.39 Å².